The topological polar surface area (TPSA) is 76.1 Å². The Morgan fingerprint density at radius 2 is 1.90 bits per heavy atom. The summed E-state index contributed by atoms with van der Waals surface area (Å²) in [6.07, 6.45) is -4.11. The number of aliphatic hydroxyl groups excluding tert-OH is 1. The third kappa shape index (κ3) is 5.04. The summed E-state index contributed by atoms with van der Waals surface area (Å²) in [5.74, 6) is -1.34. The first kappa shape index (κ1) is 23.5. The maximum atomic E-state index is 13.5. The fraction of sp³-hybridized carbons (Fsp3) is 0.391. The van der Waals surface area contributed by atoms with Crippen molar-refractivity contribution < 1.29 is 24.2 Å². The molecule has 0 fully saturated rings. The van der Waals surface area contributed by atoms with Crippen molar-refractivity contribution in [3.8, 4) is 0 Å². The molecule has 1 heterocycles. The van der Waals surface area contributed by atoms with Crippen molar-refractivity contribution in [3.05, 3.63) is 63.6 Å². The van der Waals surface area contributed by atoms with Gasteiger partial charge in [-0.05, 0) is 37.1 Å². The van der Waals surface area contributed by atoms with Crippen molar-refractivity contribution >= 4 is 40.8 Å². The summed E-state index contributed by atoms with van der Waals surface area (Å²) >= 11 is 12.7. The van der Waals surface area contributed by atoms with Crippen LogP contribution in [0.4, 0.5) is 5.69 Å². The highest BCUT2D eigenvalue weighted by Gasteiger charge is 2.43. The van der Waals surface area contributed by atoms with Crippen LogP contribution in [0.5, 0.6) is 0 Å². The largest absolute Gasteiger partial charge is 0.464 e. The number of esters is 1. The van der Waals surface area contributed by atoms with Crippen LogP contribution >= 0.6 is 23.2 Å². The minimum atomic E-state index is -1.79. The van der Waals surface area contributed by atoms with E-state index in [2.05, 4.69) is 0 Å². The number of rotatable bonds is 6. The number of benzene rings is 2. The molecule has 2 aromatic rings. The molecule has 1 aliphatic heterocycles. The van der Waals surface area contributed by atoms with E-state index in [0.29, 0.717) is 33.4 Å². The summed E-state index contributed by atoms with van der Waals surface area (Å²) in [6, 6.07) is 12.2. The van der Waals surface area contributed by atoms with E-state index in [4.69, 9.17) is 32.7 Å². The van der Waals surface area contributed by atoms with Crippen LogP contribution in [0, 0.1) is 5.92 Å². The number of carbonyl (C=O) groups excluding carboxylic acids is 2. The van der Waals surface area contributed by atoms with Gasteiger partial charge in [-0.25, -0.2) is 4.79 Å². The highest BCUT2D eigenvalue weighted by atomic mass is 35.5. The number of amides is 1. The molecule has 1 amide bonds. The predicted octanol–water partition coefficient (Wildman–Crippen LogP) is 4.39. The van der Waals surface area contributed by atoms with Crippen LogP contribution in [0.3, 0.4) is 0 Å². The average molecular weight is 466 g/mol. The molecule has 1 N–H and O–H groups in total. The summed E-state index contributed by atoms with van der Waals surface area (Å²) in [5.41, 5.74) is 1.80. The van der Waals surface area contributed by atoms with Gasteiger partial charge in [-0.1, -0.05) is 55.2 Å². The highest BCUT2D eigenvalue weighted by molar-refractivity contribution is 6.31. The van der Waals surface area contributed by atoms with Gasteiger partial charge < -0.3 is 19.5 Å². The zero-order valence-corrected chi connectivity index (χ0v) is 19.1. The Labute approximate surface area is 191 Å². The molecular weight excluding hydrogens is 441 g/mol. The van der Waals surface area contributed by atoms with Crippen molar-refractivity contribution in [3.63, 3.8) is 0 Å². The second kappa shape index (κ2) is 10.0. The number of carbonyl (C=O) groups is 2. The van der Waals surface area contributed by atoms with E-state index in [9.17, 15) is 14.7 Å². The Hall–Kier alpha value is -2.12. The Bertz CT molecular complexity index is 965. The number of ether oxygens (including phenoxy) is 2. The fourth-order valence-electron chi connectivity index (χ4n) is 3.57. The number of nitrogens with zero attached hydrogens (tertiary/aromatic N) is 1. The van der Waals surface area contributed by atoms with Gasteiger partial charge >= 0.3 is 5.97 Å². The van der Waals surface area contributed by atoms with E-state index >= 15 is 0 Å². The molecule has 3 atom stereocenters. The lowest BCUT2D eigenvalue weighted by molar-refractivity contribution is -0.168. The maximum absolute atomic E-state index is 13.5. The molecule has 8 heteroatoms. The SMILES string of the molecule is CCOC(=O)C(O)C1OC(c2ccccc2Cl)c2cc(Cl)ccc2N(CC(C)C)C1=O. The van der Waals surface area contributed by atoms with Gasteiger partial charge in [0.15, 0.2) is 12.2 Å². The number of anilines is 1. The van der Waals surface area contributed by atoms with Gasteiger partial charge in [0.1, 0.15) is 6.10 Å². The monoisotopic (exact) mass is 465 g/mol. The van der Waals surface area contributed by atoms with Crippen LogP contribution in [0.15, 0.2) is 42.5 Å². The molecule has 166 valence electrons. The van der Waals surface area contributed by atoms with Crippen molar-refractivity contribution in [1.82, 2.24) is 0 Å². The van der Waals surface area contributed by atoms with Crippen LogP contribution in [-0.2, 0) is 19.1 Å². The van der Waals surface area contributed by atoms with E-state index in [0.717, 1.165) is 0 Å². The molecule has 6 nitrogen and oxygen atoms in total. The minimum Gasteiger partial charge on any atom is -0.464 e. The molecule has 0 bridgehead atoms. The predicted molar refractivity (Wildman–Crippen MR) is 119 cm³/mol. The molecular formula is C23H25Cl2NO5. The van der Waals surface area contributed by atoms with Crippen LogP contribution in [-0.4, -0.2) is 42.3 Å². The van der Waals surface area contributed by atoms with Gasteiger partial charge in [0.2, 0.25) is 0 Å². The summed E-state index contributed by atoms with van der Waals surface area (Å²) in [4.78, 5) is 27.3. The van der Waals surface area contributed by atoms with Gasteiger partial charge in [-0.2, -0.15) is 0 Å². The molecule has 0 saturated heterocycles. The highest BCUT2D eigenvalue weighted by Crippen LogP contribution is 2.42. The standard InChI is InChI=1S/C23H25Cl2NO5/c1-4-30-23(29)19(27)21-22(28)26(12-13(2)3)18-10-9-14(24)11-16(18)20(31-21)15-7-5-6-8-17(15)25/h5-11,13,19-21,27H,4,12H2,1-3H3. The molecule has 0 aromatic heterocycles. The van der Waals surface area contributed by atoms with Gasteiger partial charge in [0, 0.05) is 33.4 Å². The Morgan fingerprint density at radius 3 is 2.55 bits per heavy atom. The molecule has 0 saturated carbocycles. The van der Waals surface area contributed by atoms with Crippen molar-refractivity contribution in [1.29, 1.82) is 0 Å². The first-order valence-corrected chi connectivity index (χ1v) is 10.9. The van der Waals surface area contributed by atoms with E-state index in [1.54, 1.807) is 49.4 Å². The van der Waals surface area contributed by atoms with Gasteiger partial charge in [0.25, 0.3) is 5.91 Å². The third-order valence-electron chi connectivity index (χ3n) is 4.91. The third-order valence-corrected chi connectivity index (χ3v) is 5.48. The van der Waals surface area contributed by atoms with Crippen molar-refractivity contribution in [2.45, 2.75) is 39.1 Å². The number of fused-ring (bicyclic) bond motifs is 1. The Morgan fingerprint density at radius 1 is 1.19 bits per heavy atom. The number of hydrogen-bond acceptors (Lipinski definition) is 5. The summed E-state index contributed by atoms with van der Waals surface area (Å²) in [7, 11) is 0. The molecule has 0 radical (unpaired) electrons. The zero-order chi connectivity index (χ0) is 22.7. The average Bonchev–Trinajstić information content (AvgIpc) is 2.83. The van der Waals surface area contributed by atoms with Gasteiger partial charge in [-0.3, -0.25) is 4.79 Å². The summed E-state index contributed by atoms with van der Waals surface area (Å²) in [5, 5.41) is 11.6. The normalized spacial score (nSPS) is 19.7. The zero-order valence-electron chi connectivity index (χ0n) is 17.5. The maximum Gasteiger partial charge on any atom is 0.338 e. The lowest BCUT2D eigenvalue weighted by Gasteiger charge is -2.28. The molecule has 2 aromatic carbocycles. The minimum absolute atomic E-state index is 0.0658. The number of aliphatic hydroxyl groups is 1. The lowest BCUT2D eigenvalue weighted by atomic mass is 9.99. The van der Waals surface area contributed by atoms with Crippen LogP contribution in [0.2, 0.25) is 10.0 Å². The van der Waals surface area contributed by atoms with Gasteiger partial charge in [-0.15, -0.1) is 0 Å². The van der Waals surface area contributed by atoms with E-state index < -0.39 is 30.2 Å². The summed E-state index contributed by atoms with van der Waals surface area (Å²) in [6.45, 7) is 5.98. The number of hydrogen-bond donors (Lipinski definition) is 1. The molecule has 0 aliphatic carbocycles. The van der Waals surface area contributed by atoms with Crippen LogP contribution in [0.25, 0.3) is 0 Å². The van der Waals surface area contributed by atoms with E-state index in [1.807, 2.05) is 13.8 Å². The molecule has 0 spiro atoms. The van der Waals surface area contributed by atoms with Crippen molar-refractivity contribution in [2.75, 3.05) is 18.1 Å². The Kier molecular flexibility index (Phi) is 7.59. The second-order valence-corrected chi connectivity index (χ2v) is 8.54. The smallest absolute Gasteiger partial charge is 0.338 e. The molecule has 3 unspecified atom stereocenters. The molecule has 31 heavy (non-hydrogen) atoms. The first-order chi connectivity index (χ1) is 14.7. The second-order valence-electron chi connectivity index (χ2n) is 7.70. The first-order valence-electron chi connectivity index (χ1n) is 10.1. The van der Waals surface area contributed by atoms with E-state index in [-0.39, 0.29) is 12.5 Å². The van der Waals surface area contributed by atoms with Crippen LogP contribution < -0.4 is 4.90 Å². The number of halogens is 2. The lowest BCUT2D eigenvalue weighted by Crippen LogP contribution is -2.49. The summed E-state index contributed by atoms with van der Waals surface area (Å²) < 4.78 is 11.1. The van der Waals surface area contributed by atoms with Crippen LogP contribution in [0.1, 0.15) is 38.0 Å². The quantitative estimate of drug-likeness (QED) is 0.639. The van der Waals surface area contributed by atoms with Gasteiger partial charge in [0.05, 0.1) is 6.61 Å². The van der Waals surface area contributed by atoms with E-state index in [1.165, 1.54) is 4.90 Å². The molecule has 3 rings (SSSR count). The van der Waals surface area contributed by atoms with Crippen molar-refractivity contribution in [2.24, 2.45) is 5.92 Å². The Balaban J connectivity index is 2.20. The fourth-order valence-corrected chi connectivity index (χ4v) is 3.99. The molecule has 1 aliphatic rings.